The highest BCUT2D eigenvalue weighted by Gasteiger charge is 1.84. The molecule has 2 aromatic rings. The van der Waals surface area contributed by atoms with Crippen LogP contribution in [-0.4, -0.2) is 6.47 Å². The summed E-state index contributed by atoms with van der Waals surface area (Å²) in [6.07, 6.45) is 1.83. The van der Waals surface area contributed by atoms with Gasteiger partial charge in [0.2, 0.25) is 0 Å². The van der Waals surface area contributed by atoms with E-state index < -0.39 is 0 Å². The summed E-state index contributed by atoms with van der Waals surface area (Å²) in [5.41, 5.74) is 1.17. The van der Waals surface area contributed by atoms with Crippen LogP contribution in [-0.2, 0) is 4.79 Å². The van der Waals surface area contributed by atoms with Crippen molar-refractivity contribution in [2.75, 3.05) is 0 Å². The average Bonchev–Trinajstić information content (AvgIpc) is 2.42. The third kappa shape index (κ3) is 5.33. The molecule has 0 aliphatic rings. The van der Waals surface area contributed by atoms with Crippen molar-refractivity contribution in [2.24, 2.45) is 0 Å². The summed E-state index contributed by atoms with van der Waals surface area (Å²) in [5.74, 6) is 0.576. The first kappa shape index (κ1) is 12.7. The van der Waals surface area contributed by atoms with Gasteiger partial charge in [0.1, 0.15) is 5.75 Å². The van der Waals surface area contributed by atoms with Crippen molar-refractivity contribution in [3.63, 3.8) is 0 Å². The summed E-state index contributed by atoms with van der Waals surface area (Å²) in [5, 5.41) is 0. The summed E-state index contributed by atoms with van der Waals surface area (Å²) < 4.78 is 4.53. The van der Waals surface area contributed by atoms with E-state index in [-0.39, 0.29) is 0 Å². The van der Waals surface area contributed by atoms with Gasteiger partial charge in [0.25, 0.3) is 6.47 Å². The van der Waals surface area contributed by atoms with E-state index in [1.807, 2.05) is 42.5 Å². The summed E-state index contributed by atoms with van der Waals surface area (Å²) in [4.78, 5) is 9.75. The second-order valence-corrected chi connectivity index (χ2v) is 3.14. The molecular weight excluding hydrogens is 212 g/mol. The molecule has 2 nitrogen and oxygen atoms in total. The van der Waals surface area contributed by atoms with Crippen LogP contribution in [0.25, 0.3) is 6.08 Å². The molecule has 0 saturated carbocycles. The standard InChI is InChI=1S/C8H8.C7H6O2/c1-2-8-6-4-3-5-7-8;8-6-9-7-4-2-1-3-5-7/h2-7H,1H2;1-6H. The van der Waals surface area contributed by atoms with Gasteiger partial charge >= 0.3 is 0 Å². The van der Waals surface area contributed by atoms with Gasteiger partial charge in [-0.2, -0.15) is 0 Å². The van der Waals surface area contributed by atoms with Crippen LogP contribution in [0.2, 0.25) is 0 Å². The van der Waals surface area contributed by atoms with Crippen LogP contribution in [0, 0.1) is 0 Å². The highest BCUT2D eigenvalue weighted by Crippen LogP contribution is 2.05. The fourth-order valence-corrected chi connectivity index (χ4v) is 1.14. The van der Waals surface area contributed by atoms with Gasteiger partial charge < -0.3 is 4.74 Å². The number of ether oxygens (including phenoxy) is 1. The molecule has 0 aromatic heterocycles. The zero-order valence-corrected chi connectivity index (χ0v) is 9.45. The van der Waals surface area contributed by atoms with Crippen molar-refractivity contribution in [3.8, 4) is 5.75 Å². The van der Waals surface area contributed by atoms with Gasteiger partial charge in [0, 0.05) is 0 Å². The molecule has 0 saturated heterocycles. The molecular formula is C15H14O2. The van der Waals surface area contributed by atoms with Crippen molar-refractivity contribution in [1.29, 1.82) is 0 Å². The summed E-state index contributed by atoms with van der Waals surface area (Å²) in [6, 6.07) is 18.9. The molecule has 0 bridgehead atoms. The number of carbonyl (C=O) groups is 1. The van der Waals surface area contributed by atoms with E-state index in [0.717, 1.165) is 0 Å². The summed E-state index contributed by atoms with van der Waals surface area (Å²) in [6.45, 7) is 4.04. The van der Waals surface area contributed by atoms with E-state index >= 15 is 0 Å². The first-order valence-electron chi connectivity index (χ1n) is 5.19. The lowest BCUT2D eigenvalue weighted by Crippen LogP contribution is -1.85. The predicted octanol–water partition coefficient (Wildman–Crippen LogP) is 3.55. The number of rotatable bonds is 3. The average molecular weight is 226 g/mol. The quantitative estimate of drug-likeness (QED) is 0.748. The monoisotopic (exact) mass is 226 g/mol. The third-order valence-corrected chi connectivity index (χ3v) is 1.96. The van der Waals surface area contributed by atoms with Crippen molar-refractivity contribution in [2.45, 2.75) is 0 Å². The number of hydrogen-bond donors (Lipinski definition) is 0. The Morgan fingerprint density at radius 2 is 1.41 bits per heavy atom. The van der Waals surface area contributed by atoms with Crippen molar-refractivity contribution >= 4 is 12.5 Å². The molecule has 0 radical (unpaired) electrons. The van der Waals surface area contributed by atoms with Gasteiger partial charge in [-0.25, -0.2) is 0 Å². The Balaban J connectivity index is 0.000000171. The normalized spacial score (nSPS) is 8.47. The fraction of sp³-hybridized carbons (Fsp3) is 0. The molecule has 0 unspecified atom stereocenters. The van der Waals surface area contributed by atoms with Gasteiger partial charge in [0.15, 0.2) is 0 Å². The zero-order chi connectivity index (χ0) is 12.3. The van der Waals surface area contributed by atoms with Gasteiger partial charge in [0.05, 0.1) is 0 Å². The molecule has 0 aliphatic carbocycles. The minimum Gasteiger partial charge on any atom is -0.429 e. The SMILES string of the molecule is C=Cc1ccccc1.O=COc1ccccc1. The minimum absolute atomic E-state index is 0.412. The molecule has 0 amide bonds. The number of carbonyl (C=O) groups excluding carboxylic acids is 1. The summed E-state index contributed by atoms with van der Waals surface area (Å²) >= 11 is 0. The molecule has 2 heteroatoms. The molecule has 2 aromatic carbocycles. The number of para-hydroxylation sites is 1. The van der Waals surface area contributed by atoms with Crippen LogP contribution in [0.15, 0.2) is 67.2 Å². The molecule has 17 heavy (non-hydrogen) atoms. The first-order valence-corrected chi connectivity index (χ1v) is 5.19. The third-order valence-electron chi connectivity index (χ3n) is 1.96. The first-order chi connectivity index (χ1) is 8.36. The second kappa shape index (κ2) is 7.88. The van der Waals surface area contributed by atoms with Crippen LogP contribution in [0.3, 0.4) is 0 Å². The Morgan fingerprint density at radius 1 is 0.882 bits per heavy atom. The molecule has 2 rings (SSSR count). The van der Waals surface area contributed by atoms with Crippen molar-refractivity contribution in [3.05, 3.63) is 72.8 Å². The number of benzene rings is 2. The largest absolute Gasteiger partial charge is 0.429 e. The van der Waals surface area contributed by atoms with Crippen LogP contribution in [0.4, 0.5) is 0 Å². The van der Waals surface area contributed by atoms with Crippen molar-refractivity contribution < 1.29 is 9.53 Å². The maximum absolute atomic E-state index is 9.75. The molecule has 0 N–H and O–H groups in total. The van der Waals surface area contributed by atoms with E-state index in [1.165, 1.54) is 5.56 Å². The Hall–Kier alpha value is -2.35. The topological polar surface area (TPSA) is 26.3 Å². The van der Waals surface area contributed by atoms with E-state index in [2.05, 4.69) is 11.3 Å². The number of hydrogen-bond acceptors (Lipinski definition) is 2. The molecule has 0 atom stereocenters. The lowest BCUT2D eigenvalue weighted by atomic mass is 10.2. The maximum Gasteiger partial charge on any atom is 0.298 e. The lowest BCUT2D eigenvalue weighted by molar-refractivity contribution is -0.120. The molecule has 0 spiro atoms. The predicted molar refractivity (Wildman–Crippen MR) is 69.7 cm³/mol. The molecule has 0 aliphatic heterocycles. The molecule has 0 fully saturated rings. The second-order valence-electron chi connectivity index (χ2n) is 3.14. The van der Waals surface area contributed by atoms with Gasteiger partial charge in [-0.1, -0.05) is 61.2 Å². The summed E-state index contributed by atoms with van der Waals surface area (Å²) in [7, 11) is 0. The van der Waals surface area contributed by atoms with E-state index in [0.29, 0.717) is 12.2 Å². The smallest absolute Gasteiger partial charge is 0.298 e. The van der Waals surface area contributed by atoms with Crippen LogP contribution < -0.4 is 4.74 Å². The van der Waals surface area contributed by atoms with Crippen LogP contribution in [0.1, 0.15) is 5.56 Å². The highest BCUT2D eigenvalue weighted by atomic mass is 16.5. The van der Waals surface area contributed by atoms with E-state index in [1.54, 1.807) is 24.3 Å². The minimum atomic E-state index is 0.412. The Bertz CT molecular complexity index is 435. The van der Waals surface area contributed by atoms with Crippen molar-refractivity contribution in [1.82, 2.24) is 0 Å². The van der Waals surface area contributed by atoms with E-state index in [4.69, 9.17) is 0 Å². The van der Waals surface area contributed by atoms with Gasteiger partial charge in [-0.15, -0.1) is 0 Å². The maximum atomic E-state index is 9.75. The van der Waals surface area contributed by atoms with E-state index in [9.17, 15) is 4.79 Å². The Labute approximate surface area is 101 Å². The molecule has 0 heterocycles. The van der Waals surface area contributed by atoms with Gasteiger partial charge in [-0.3, -0.25) is 4.79 Å². The fourth-order valence-electron chi connectivity index (χ4n) is 1.14. The lowest BCUT2D eigenvalue weighted by Gasteiger charge is -1.92. The molecule has 86 valence electrons. The van der Waals surface area contributed by atoms with Crippen LogP contribution in [0.5, 0.6) is 5.75 Å². The van der Waals surface area contributed by atoms with Crippen LogP contribution >= 0.6 is 0 Å². The Kier molecular flexibility index (Phi) is 5.89. The zero-order valence-electron chi connectivity index (χ0n) is 9.45. The highest BCUT2D eigenvalue weighted by molar-refractivity contribution is 5.45. The Morgan fingerprint density at radius 3 is 1.82 bits per heavy atom. The van der Waals surface area contributed by atoms with Gasteiger partial charge in [-0.05, 0) is 17.7 Å².